The zero-order valence-electron chi connectivity index (χ0n) is 20.3. The zero-order chi connectivity index (χ0) is 24.7. The van der Waals surface area contributed by atoms with Crippen molar-refractivity contribution >= 4 is 17.5 Å². The van der Waals surface area contributed by atoms with Crippen molar-refractivity contribution in [1.82, 2.24) is 24.6 Å². The van der Waals surface area contributed by atoms with Crippen LogP contribution in [0.4, 0.5) is 4.39 Å². The van der Waals surface area contributed by atoms with E-state index in [9.17, 15) is 9.59 Å². The molecule has 2 aliphatic rings. The maximum Gasteiger partial charge on any atom is 0.309 e. The second-order valence-electron chi connectivity index (χ2n) is 9.37. The van der Waals surface area contributed by atoms with Gasteiger partial charge in [0.15, 0.2) is 5.65 Å². The molecule has 0 bridgehead atoms. The third kappa shape index (κ3) is 4.40. The zero-order valence-corrected chi connectivity index (χ0v) is 20.3. The molecule has 1 unspecified atom stereocenters. The lowest BCUT2D eigenvalue weighted by molar-refractivity contribution is -0.142. The fourth-order valence-corrected chi connectivity index (χ4v) is 4.93. The summed E-state index contributed by atoms with van der Waals surface area (Å²) in [5.41, 5.74) is 3.31. The van der Waals surface area contributed by atoms with Gasteiger partial charge in [0, 0.05) is 37.5 Å². The van der Waals surface area contributed by atoms with Crippen molar-refractivity contribution < 1.29 is 18.7 Å². The lowest BCUT2D eigenvalue weighted by atomic mass is 10.0. The summed E-state index contributed by atoms with van der Waals surface area (Å²) in [5, 5.41) is 8.34. The Bertz CT molecular complexity index is 1290. The molecule has 35 heavy (non-hydrogen) atoms. The maximum absolute atomic E-state index is 15.1. The molecule has 2 aromatic heterocycles. The van der Waals surface area contributed by atoms with Crippen LogP contribution in [-0.4, -0.2) is 63.7 Å². The molecular weight excluding hydrogens is 449 g/mol. The number of hydrogen-bond acceptors (Lipinski definition) is 6. The average Bonchev–Trinajstić information content (AvgIpc) is 3.60. The van der Waals surface area contributed by atoms with Gasteiger partial charge in [-0.1, -0.05) is 19.4 Å². The van der Waals surface area contributed by atoms with Gasteiger partial charge in [-0.2, -0.15) is 5.10 Å². The number of hydrazine groups is 1. The Hall–Kier alpha value is -3.33. The molecule has 8 nitrogen and oxygen atoms in total. The Morgan fingerprint density at radius 2 is 1.94 bits per heavy atom. The fourth-order valence-electron chi connectivity index (χ4n) is 4.93. The SMILES string of the molecule is CCc1cc(C(=O)N2CCCCCN2C)nc2cc(-c3ccc([C@@H]4CC4C(=O)OC)cc3F)nn12. The molecule has 0 N–H and O–H groups in total. The number of hydrogen-bond donors (Lipinski definition) is 0. The van der Waals surface area contributed by atoms with Gasteiger partial charge in [-0.3, -0.25) is 14.6 Å². The van der Waals surface area contributed by atoms with E-state index in [4.69, 9.17) is 4.74 Å². The standard InChI is InChI=1S/C26H30FN5O3/c1-4-17-13-23(25(33)31-11-7-5-6-10-30(31)2)28-24-15-22(29-32(17)24)18-9-8-16(12-21(18)27)19-14-20(19)26(34)35-3/h8-9,12-13,15,19-20H,4-7,10-11,14H2,1-3H3/t19-,20?/m0/s1. The molecule has 0 radical (unpaired) electrons. The molecule has 3 heterocycles. The van der Waals surface area contributed by atoms with Gasteiger partial charge in [0.2, 0.25) is 0 Å². The van der Waals surface area contributed by atoms with Gasteiger partial charge in [0.25, 0.3) is 5.91 Å². The van der Waals surface area contributed by atoms with E-state index in [1.807, 2.05) is 25.0 Å². The molecule has 2 fully saturated rings. The normalized spacial score (nSPS) is 20.6. The van der Waals surface area contributed by atoms with Crippen molar-refractivity contribution in [1.29, 1.82) is 0 Å². The van der Waals surface area contributed by atoms with Gasteiger partial charge in [-0.05, 0) is 55.4 Å². The van der Waals surface area contributed by atoms with Gasteiger partial charge >= 0.3 is 5.97 Å². The summed E-state index contributed by atoms with van der Waals surface area (Å²) in [7, 11) is 3.30. The van der Waals surface area contributed by atoms with Crippen molar-refractivity contribution in [2.24, 2.45) is 5.92 Å². The minimum absolute atomic E-state index is 0.00822. The molecule has 5 rings (SSSR count). The largest absolute Gasteiger partial charge is 0.469 e. The van der Waals surface area contributed by atoms with E-state index in [1.54, 1.807) is 27.7 Å². The summed E-state index contributed by atoms with van der Waals surface area (Å²) in [6.07, 6.45) is 4.45. The first-order valence-electron chi connectivity index (χ1n) is 12.2. The molecule has 1 aromatic carbocycles. The van der Waals surface area contributed by atoms with Crippen LogP contribution < -0.4 is 0 Å². The molecule has 1 amide bonds. The molecule has 3 aromatic rings. The average molecular weight is 480 g/mol. The number of carbonyl (C=O) groups excluding carboxylic acids is 2. The van der Waals surface area contributed by atoms with Crippen molar-refractivity contribution in [3.8, 4) is 11.3 Å². The van der Waals surface area contributed by atoms with E-state index < -0.39 is 5.82 Å². The van der Waals surface area contributed by atoms with Crippen LogP contribution in [0.25, 0.3) is 16.9 Å². The van der Waals surface area contributed by atoms with Crippen molar-refractivity contribution in [2.75, 3.05) is 27.2 Å². The first-order valence-corrected chi connectivity index (χ1v) is 12.2. The number of benzene rings is 1. The Balaban J connectivity index is 1.45. The predicted molar refractivity (Wildman–Crippen MR) is 128 cm³/mol. The number of nitrogens with zero attached hydrogens (tertiary/aromatic N) is 5. The number of methoxy groups -OCH3 is 1. The number of esters is 1. The predicted octanol–water partition coefficient (Wildman–Crippen LogP) is 3.85. The maximum atomic E-state index is 15.1. The summed E-state index contributed by atoms with van der Waals surface area (Å²) in [6.45, 7) is 3.50. The summed E-state index contributed by atoms with van der Waals surface area (Å²) in [4.78, 5) is 29.6. The molecule has 184 valence electrons. The Labute approximate surface area is 203 Å². The fraction of sp³-hybridized carbons (Fsp3) is 0.462. The Kier molecular flexibility index (Phi) is 6.27. The molecule has 1 aliphatic heterocycles. The van der Waals surface area contributed by atoms with Gasteiger partial charge in [0.1, 0.15) is 11.5 Å². The van der Waals surface area contributed by atoms with E-state index in [2.05, 4.69) is 10.1 Å². The van der Waals surface area contributed by atoms with Crippen molar-refractivity contribution in [2.45, 2.75) is 44.9 Å². The smallest absolute Gasteiger partial charge is 0.309 e. The number of amides is 1. The number of aryl methyl sites for hydroxylation is 1. The van der Waals surface area contributed by atoms with Crippen LogP contribution in [0.2, 0.25) is 0 Å². The van der Waals surface area contributed by atoms with Gasteiger partial charge < -0.3 is 4.74 Å². The highest BCUT2D eigenvalue weighted by molar-refractivity contribution is 5.92. The number of ether oxygens (including phenoxy) is 1. The number of carbonyl (C=O) groups is 2. The third-order valence-corrected chi connectivity index (χ3v) is 7.07. The van der Waals surface area contributed by atoms with Crippen LogP contribution in [0, 0.1) is 11.7 Å². The highest BCUT2D eigenvalue weighted by Gasteiger charge is 2.45. The minimum atomic E-state index is -0.401. The van der Waals surface area contributed by atoms with E-state index >= 15 is 4.39 Å². The Morgan fingerprint density at radius 1 is 1.14 bits per heavy atom. The summed E-state index contributed by atoms with van der Waals surface area (Å²) in [5.74, 6) is -0.992. The van der Waals surface area contributed by atoms with Crippen LogP contribution in [0.3, 0.4) is 0 Å². The lowest BCUT2D eigenvalue weighted by Gasteiger charge is -2.29. The topological polar surface area (TPSA) is 80.0 Å². The third-order valence-electron chi connectivity index (χ3n) is 7.07. The van der Waals surface area contributed by atoms with E-state index in [0.29, 0.717) is 42.0 Å². The van der Waals surface area contributed by atoms with Crippen LogP contribution in [0.15, 0.2) is 30.3 Å². The second-order valence-corrected chi connectivity index (χ2v) is 9.37. The highest BCUT2D eigenvalue weighted by atomic mass is 19.1. The van der Waals surface area contributed by atoms with Crippen molar-refractivity contribution in [3.63, 3.8) is 0 Å². The molecule has 1 aliphatic carbocycles. The van der Waals surface area contributed by atoms with Crippen LogP contribution in [0.5, 0.6) is 0 Å². The van der Waals surface area contributed by atoms with E-state index in [0.717, 1.165) is 37.1 Å². The first kappa shape index (κ1) is 23.4. The van der Waals surface area contributed by atoms with Crippen LogP contribution in [-0.2, 0) is 16.0 Å². The monoisotopic (exact) mass is 479 g/mol. The lowest BCUT2D eigenvalue weighted by Crippen LogP contribution is -2.44. The number of rotatable bonds is 5. The van der Waals surface area contributed by atoms with Gasteiger partial charge in [-0.15, -0.1) is 0 Å². The molecule has 1 saturated carbocycles. The summed E-state index contributed by atoms with van der Waals surface area (Å²) >= 11 is 0. The molecular formula is C26H30FN5O3. The number of aromatic nitrogens is 3. The molecule has 1 saturated heterocycles. The number of fused-ring (bicyclic) bond motifs is 1. The van der Waals surface area contributed by atoms with Crippen LogP contribution in [0.1, 0.15) is 60.3 Å². The Morgan fingerprint density at radius 3 is 2.69 bits per heavy atom. The highest BCUT2D eigenvalue weighted by Crippen LogP contribution is 2.48. The summed E-state index contributed by atoms with van der Waals surface area (Å²) in [6, 6.07) is 8.52. The van der Waals surface area contributed by atoms with Crippen LogP contribution >= 0.6 is 0 Å². The van der Waals surface area contributed by atoms with Gasteiger partial charge in [0.05, 0.1) is 18.7 Å². The summed E-state index contributed by atoms with van der Waals surface area (Å²) < 4.78 is 21.6. The minimum Gasteiger partial charge on any atom is -0.469 e. The first-order chi connectivity index (χ1) is 16.9. The molecule has 9 heteroatoms. The molecule has 0 spiro atoms. The molecule has 2 atom stereocenters. The van der Waals surface area contributed by atoms with E-state index in [1.165, 1.54) is 13.2 Å². The quantitative estimate of drug-likeness (QED) is 0.517. The number of halogens is 1. The second kappa shape index (κ2) is 9.37. The van der Waals surface area contributed by atoms with E-state index in [-0.39, 0.29) is 23.7 Å². The van der Waals surface area contributed by atoms with Crippen molar-refractivity contribution in [3.05, 3.63) is 53.1 Å². The van der Waals surface area contributed by atoms with Gasteiger partial charge in [-0.25, -0.2) is 18.9 Å².